The van der Waals surface area contributed by atoms with E-state index in [1.165, 1.54) is 0 Å². The molecule has 1 heterocycles. The van der Waals surface area contributed by atoms with E-state index in [1.54, 1.807) is 0 Å². The average Bonchev–Trinajstić information content (AvgIpc) is 2.58. The maximum Gasteiger partial charge on any atom is 0.234 e. The van der Waals surface area contributed by atoms with Gasteiger partial charge in [-0.25, -0.2) is 0 Å². The molecule has 18 heavy (non-hydrogen) atoms. The third-order valence-electron chi connectivity index (χ3n) is 3.28. The molecule has 0 aromatic carbocycles. The minimum atomic E-state index is -0.293. The van der Waals surface area contributed by atoms with Crippen LogP contribution in [0.15, 0.2) is 0 Å². The molecule has 0 aromatic rings. The van der Waals surface area contributed by atoms with Crippen LogP contribution in [0.2, 0.25) is 0 Å². The van der Waals surface area contributed by atoms with E-state index in [4.69, 9.17) is 0 Å². The quantitative estimate of drug-likeness (QED) is 0.625. The molecule has 1 aliphatic heterocycles. The van der Waals surface area contributed by atoms with Crippen LogP contribution < -0.4 is 5.32 Å². The summed E-state index contributed by atoms with van der Waals surface area (Å²) >= 11 is 0. The molecule has 0 spiro atoms. The molecule has 5 heteroatoms. The normalized spacial score (nSPS) is 24.7. The maximum atomic E-state index is 11.8. The van der Waals surface area contributed by atoms with E-state index in [9.17, 15) is 9.90 Å². The van der Waals surface area contributed by atoms with Gasteiger partial charge in [0.05, 0.1) is 12.6 Å². The van der Waals surface area contributed by atoms with E-state index in [-0.39, 0.29) is 18.1 Å². The summed E-state index contributed by atoms with van der Waals surface area (Å²) in [5.41, 5.74) is 0. The number of nitrogens with zero attached hydrogens (tertiary/aromatic N) is 2. The molecule has 1 fully saturated rings. The van der Waals surface area contributed by atoms with E-state index in [0.717, 1.165) is 32.4 Å². The summed E-state index contributed by atoms with van der Waals surface area (Å²) < 4.78 is 0. The number of aliphatic hydroxyl groups is 1. The second kappa shape index (κ2) is 7.71. The number of likely N-dealkylation sites (N-methyl/N-ethyl adjacent to an activating group) is 1. The standard InChI is InChI=1S/C13H27N3O2/c1-4-5-6-14-13(18)10-16-9-12(17)7-11(16)8-15(2)3/h11-12,17H,4-10H2,1-3H3,(H,14,18). The molecule has 2 atom stereocenters. The van der Waals surface area contributed by atoms with Gasteiger partial charge in [0.15, 0.2) is 0 Å². The number of aliphatic hydroxyl groups excluding tert-OH is 1. The van der Waals surface area contributed by atoms with Crippen molar-refractivity contribution in [3.05, 3.63) is 0 Å². The Hall–Kier alpha value is -0.650. The number of β-amino-alcohol motifs (C(OH)–C–C–N with tert-alkyl or cyclic N) is 1. The fourth-order valence-corrected chi connectivity index (χ4v) is 2.41. The van der Waals surface area contributed by atoms with Crippen LogP contribution in [0.3, 0.4) is 0 Å². The zero-order valence-electron chi connectivity index (χ0n) is 11.9. The number of likely N-dealkylation sites (tertiary alicyclic amines) is 1. The third kappa shape index (κ3) is 5.33. The Labute approximate surface area is 110 Å². The second-order valence-electron chi connectivity index (χ2n) is 5.44. The zero-order valence-corrected chi connectivity index (χ0v) is 11.9. The van der Waals surface area contributed by atoms with E-state index in [0.29, 0.717) is 13.1 Å². The fraction of sp³-hybridized carbons (Fsp3) is 0.923. The molecule has 1 amide bonds. The first-order valence-electron chi connectivity index (χ1n) is 6.86. The Morgan fingerprint density at radius 2 is 2.22 bits per heavy atom. The zero-order chi connectivity index (χ0) is 13.5. The Kier molecular flexibility index (Phi) is 6.60. The summed E-state index contributed by atoms with van der Waals surface area (Å²) in [5.74, 6) is 0.0707. The fourth-order valence-electron chi connectivity index (χ4n) is 2.41. The Balaban J connectivity index is 2.36. The van der Waals surface area contributed by atoms with Gasteiger partial charge in [-0.1, -0.05) is 13.3 Å². The highest BCUT2D eigenvalue weighted by molar-refractivity contribution is 5.78. The van der Waals surface area contributed by atoms with Crippen LogP contribution in [-0.4, -0.2) is 73.2 Å². The monoisotopic (exact) mass is 257 g/mol. The smallest absolute Gasteiger partial charge is 0.234 e. The highest BCUT2D eigenvalue weighted by Crippen LogP contribution is 2.17. The molecule has 0 bridgehead atoms. The number of carbonyl (C=O) groups excluding carboxylic acids is 1. The van der Waals surface area contributed by atoms with Gasteiger partial charge >= 0.3 is 0 Å². The number of carbonyl (C=O) groups is 1. The van der Waals surface area contributed by atoms with E-state index < -0.39 is 0 Å². The Morgan fingerprint density at radius 3 is 2.83 bits per heavy atom. The Bertz CT molecular complexity index is 259. The van der Waals surface area contributed by atoms with Gasteiger partial charge in [-0.2, -0.15) is 0 Å². The van der Waals surface area contributed by atoms with Gasteiger partial charge in [0.2, 0.25) is 5.91 Å². The van der Waals surface area contributed by atoms with Crippen molar-refractivity contribution in [1.29, 1.82) is 0 Å². The summed E-state index contributed by atoms with van der Waals surface area (Å²) in [5, 5.41) is 12.6. The maximum absolute atomic E-state index is 11.8. The summed E-state index contributed by atoms with van der Waals surface area (Å²) in [6, 6.07) is 0.284. The lowest BCUT2D eigenvalue weighted by Gasteiger charge is -2.26. The number of unbranched alkanes of at least 4 members (excludes halogenated alkanes) is 1. The lowest BCUT2D eigenvalue weighted by atomic mass is 10.2. The van der Waals surface area contributed by atoms with Crippen LogP contribution in [-0.2, 0) is 4.79 Å². The van der Waals surface area contributed by atoms with Gasteiger partial charge in [0.1, 0.15) is 0 Å². The van der Waals surface area contributed by atoms with Gasteiger partial charge in [-0.05, 0) is 26.9 Å². The minimum absolute atomic E-state index is 0.0707. The molecule has 0 aromatic heterocycles. The first-order valence-corrected chi connectivity index (χ1v) is 6.86. The molecule has 0 aliphatic carbocycles. The number of hydrogen-bond acceptors (Lipinski definition) is 4. The average molecular weight is 257 g/mol. The van der Waals surface area contributed by atoms with Crippen molar-refractivity contribution in [2.24, 2.45) is 0 Å². The number of rotatable bonds is 7. The van der Waals surface area contributed by atoms with Crippen molar-refractivity contribution >= 4 is 5.91 Å². The van der Waals surface area contributed by atoms with E-state index in [1.807, 2.05) is 14.1 Å². The number of nitrogens with one attached hydrogen (secondary N) is 1. The lowest BCUT2D eigenvalue weighted by Crippen LogP contribution is -2.43. The molecule has 5 nitrogen and oxygen atoms in total. The molecule has 1 aliphatic rings. The topological polar surface area (TPSA) is 55.8 Å². The van der Waals surface area contributed by atoms with Crippen LogP contribution >= 0.6 is 0 Å². The van der Waals surface area contributed by atoms with Crippen LogP contribution in [0.5, 0.6) is 0 Å². The van der Waals surface area contributed by atoms with Gasteiger partial charge in [-0.15, -0.1) is 0 Å². The summed E-state index contributed by atoms with van der Waals surface area (Å²) in [6.07, 6.45) is 2.58. The molecular formula is C13H27N3O2. The van der Waals surface area contributed by atoms with Crippen molar-refractivity contribution in [1.82, 2.24) is 15.1 Å². The van der Waals surface area contributed by atoms with Crippen LogP contribution in [0.1, 0.15) is 26.2 Å². The van der Waals surface area contributed by atoms with Crippen molar-refractivity contribution in [2.75, 3.05) is 40.3 Å². The van der Waals surface area contributed by atoms with E-state index >= 15 is 0 Å². The first-order chi connectivity index (χ1) is 8.52. The molecule has 2 N–H and O–H groups in total. The van der Waals surface area contributed by atoms with Crippen LogP contribution in [0.4, 0.5) is 0 Å². The van der Waals surface area contributed by atoms with Crippen molar-refractivity contribution in [2.45, 2.75) is 38.3 Å². The van der Waals surface area contributed by atoms with Gasteiger partial charge in [-0.3, -0.25) is 9.69 Å². The third-order valence-corrected chi connectivity index (χ3v) is 3.28. The minimum Gasteiger partial charge on any atom is -0.392 e. The van der Waals surface area contributed by atoms with E-state index in [2.05, 4.69) is 22.0 Å². The van der Waals surface area contributed by atoms with Crippen LogP contribution in [0, 0.1) is 0 Å². The van der Waals surface area contributed by atoms with Crippen molar-refractivity contribution < 1.29 is 9.90 Å². The van der Waals surface area contributed by atoms with Gasteiger partial charge in [0, 0.05) is 25.7 Å². The molecule has 0 saturated carbocycles. The predicted molar refractivity (Wildman–Crippen MR) is 72.5 cm³/mol. The molecule has 1 rings (SSSR count). The second-order valence-corrected chi connectivity index (χ2v) is 5.44. The molecule has 106 valence electrons. The molecular weight excluding hydrogens is 230 g/mol. The highest BCUT2D eigenvalue weighted by atomic mass is 16.3. The largest absolute Gasteiger partial charge is 0.392 e. The first kappa shape index (κ1) is 15.4. The summed E-state index contributed by atoms with van der Waals surface area (Å²) in [7, 11) is 4.04. The van der Waals surface area contributed by atoms with Crippen LogP contribution in [0.25, 0.3) is 0 Å². The molecule has 0 radical (unpaired) electrons. The molecule has 2 unspecified atom stereocenters. The number of hydrogen-bond donors (Lipinski definition) is 2. The van der Waals surface area contributed by atoms with Crippen molar-refractivity contribution in [3.8, 4) is 0 Å². The number of amides is 1. The van der Waals surface area contributed by atoms with Gasteiger partial charge in [0.25, 0.3) is 0 Å². The SMILES string of the molecule is CCCCNC(=O)CN1CC(O)CC1CN(C)C. The lowest BCUT2D eigenvalue weighted by molar-refractivity contribution is -0.122. The van der Waals surface area contributed by atoms with Gasteiger partial charge < -0.3 is 15.3 Å². The highest BCUT2D eigenvalue weighted by Gasteiger charge is 2.32. The summed E-state index contributed by atoms with van der Waals surface area (Å²) in [6.45, 7) is 4.76. The Morgan fingerprint density at radius 1 is 1.50 bits per heavy atom. The predicted octanol–water partition coefficient (Wildman–Crippen LogP) is -0.100. The van der Waals surface area contributed by atoms with Crippen molar-refractivity contribution in [3.63, 3.8) is 0 Å². The summed E-state index contributed by atoms with van der Waals surface area (Å²) in [4.78, 5) is 16.0. The molecule has 1 saturated heterocycles.